The molecule has 0 amide bonds. The predicted molar refractivity (Wildman–Crippen MR) is 89.1 cm³/mol. The van der Waals surface area contributed by atoms with E-state index in [1.807, 2.05) is 18.2 Å². The molecule has 1 unspecified atom stereocenters. The minimum absolute atomic E-state index is 0.422. The second-order valence-electron chi connectivity index (χ2n) is 5.44. The van der Waals surface area contributed by atoms with E-state index in [9.17, 15) is 0 Å². The van der Waals surface area contributed by atoms with Gasteiger partial charge in [0.05, 0.1) is 0 Å². The van der Waals surface area contributed by atoms with E-state index in [0.717, 1.165) is 24.5 Å². The molecule has 0 aliphatic carbocycles. The van der Waals surface area contributed by atoms with Crippen molar-refractivity contribution in [3.8, 4) is 11.5 Å². The normalized spacial score (nSPS) is 12.2. The van der Waals surface area contributed by atoms with Crippen LogP contribution in [0.15, 0.2) is 42.5 Å². The monoisotopic (exact) mass is 283 g/mol. The summed E-state index contributed by atoms with van der Waals surface area (Å²) in [6.07, 6.45) is 1.09. The minimum Gasteiger partial charge on any atom is -0.457 e. The molecule has 1 N–H and O–H groups in total. The fraction of sp³-hybridized carbons (Fsp3) is 0.368. The quantitative estimate of drug-likeness (QED) is 0.791. The maximum absolute atomic E-state index is 5.92. The van der Waals surface area contributed by atoms with Crippen LogP contribution in [0.5, 0.6) is 11.5 Å². The fourth-order valence-electron chi connectivity index (χ4n) is 2.43. The van der Waals surface area contributed by atoms with Crippen molar-refractivity contribution in [2.24, 2.45) is 0 Å². The van der Waals surface area contributed by atoms with Gasteiger partial charge in [0.1, 0.15) is 11.5 Å². The third-order valence-electron chi connectivity index (χ3n) is 3.86. The van der Waals surface area contributed by atoms with Gasteiger partial charge < -0.3 is 10.1 Å². The van der Waals surface area contributed by atoms with Gasteiger partial charge in [-0.05, 0) is 67.8 Å². The summed E-state index contributed by atoms with van der Waals surface area (Å²) in [5.74, 6) is 1.78. The molecule has 2 rings (SSSR count). The Kier molecular flexibility index (Phi) is 5.40. The van der Waals surface area contributed by atoms with Crippen molar-refractivity contribution in [3.63, 3.8) is 0 Å². The van der Waals surface area contributed by atoms with Crippen molar-refractivity contribution in [1.29, 1.82) is 0 Å². The van der Waals surface area contributed by atoms with Crippen molar-refractivity contribution in [2.45, 2.75) is 40.2 Å². The van der Waals surface area contributed by atoms with Crippen molar-refractivity contribution in [2.75, 3.05) is 6.54 Å². The van der Waals surface area contributed by atoms with Crippen LogP contribution in [0.2, 0.25) is 0 Å². The third kappa shape index (κ3) is 4.08. The predicted octanol–water partition coefficient (Wildman–Crippen LogP) is 5.16. The molecule has 0 saturated carbocycles. The lowest BCUT2D eigenvalue weighted by molar-refractivity contribution is 0.480. The van der Waals surface area contributed by atoms with Gasteiger partial charge in [0.2, 0.25) is 0 Å². The van der Waals surface area contributed by atoms with Crippen molar-refractivity contribution in [1.82, 2.24) is 5.32 Å². The number of nitrogens with one attached hydrogen (secondary N) is 1. The molecule has 0 aliphatic rings. The Morgan fingerprint density at radius 2 is 1.57 bits per heavy atom. The lowest BCUT2D eigenvalue weighted by atomic mass is 10.0. The Morgan fingerprint density at radius 3 is 2.14 bits per heavy atom. The maximum Gasteiger partial charge on any atom is 0.127 e. The van der Waals surface area contributed by atoms with Gasteiger partial charge in [-0.1, -0.05) is 32.0 Å². The van der Waals surface area contributed by atoms with E-state index in [2.05, 4.69) is 57.3 Å². The van der Waals surface area contributed by atoms with Gasteiger partial charge in [0, 0.05) is 6.04 Å². The minimum atomic E-state index is 0.422. The molecule has 21 heavy (non-hydrogen) atoms. The molecule has 2 aromatic rings. The highest BCUT2D eigenvalue weighted by atomic mass is 16.5. The average Bonchev–Trinajstić information content (AvgIpc) is 2.49. The SMILES string of the molecule is CCNC(CC)c1ccc(Oc2ccc(C)c(C)c2)cc1. The molecule has 1 atom stereocenters. The summed E-state index contributed by atoms with van der Waals surface area (Å²) in [5, 5.41) is 3.49. The Hall–Kier alpha value is -1.80. The summed E-state index contributed by atoms with van der Waals surface area (Å²) in [4.78, 5) is 0. The number of hydrogen-bond acceptors (Lipinski definition) is 2. The van der Waals surface area contributed by atoms with Gasteiger partial charge in [-0.2, -0.15) is 0 Å². The van der Waals surface area contributed by atoms with Crippen molar-refractivity contribution in [3.05, 3.63) is 59.2 Å². The van der Waals surface area contributed by atoms with Gasteiger partial charge in [0.15, 0.2) is 0 Å². The Morgan fingerprint density at radius 1 is 0.905 bits per heavy atom. The van der Waals surface area contributed by atoms with E-state index in [-0.39, 0.29) is 0 Å². The molecule has 0 spiro atoms. The molecule has 0 aromatic heterocycles. The summed E-state index contributed by atoms with van der Waals surface area (Å²) in [6, 6.07) is 15.0. The van der Waals surface area contributed by atoms with Crippen LogP contribution in [-0.4, -0.2) is 6.54 Å². The summed E-state index contributed by atoms with van der Waals surface area (Å²) in [5.41, 5.74) is 3.85. The largest absolute Gasteiger partial charge is 0.457 e. The van der Waals surface area contributed by atoms with E-state index < -0.39 is 0 Å². The van der Waals surface area contributed by atoms with E-state index in [4.69, 9.17) is 4.74 Å². The Bertz CT molecular complexity index is 575. The molecule has 0 radical (unpaired) electrons. The molecule has 0 aliphatic heterocycles. The molecular weight excluding hydrogens is 258 g/mol. The van der Waals surface area contributed by atoms with Crippen LogP contribution in [0.25, 0.3) is 0 Å². The van der Waals surface area contributed by atoms with Crippen LogP contribution in [0, 0.1) is 13.8 Å². The summed E-state index contributed by atoms with van der Waals surface area (Å²) in [7, 11) is 0. The average molecular weight is 283 g/mol. The van der Waals surface area contributed by atoms with E-state index in [1.165, 1.54) is 16.7 Å². The molecule has 0 saturated heterocycles. The van der Waals surface area contributed by atoms with Gasteiger partial charge in [-0.25, -0.2) is 0 Å². The lowest BCUT2D eigenvalue weighted by Gasteiger charge is -2.16. The standard InChI is InChI=1S/C19H25NO/c1-5-19(20-6-2)16-8-11-17(12-9-16)21-18-10-7-14(3)15(4)13-18/h7-13,19-20H,5-6H2,1-4H3. The molecule has 2 heteroatoms. The molecule has 0 bridgehead atoms. The number of aryl methyl sites for hydroxylation is 2. The Labute approximate surface area is 128 Å². The summed E-state index contributed by atoms with van der Waals surface area (Å²) >= 11 is 0. The van der Waals surface area contributed by atoms with Crippen LogP contribution >= 0.6 is 0 Å². The van der Waals surface area contributed by atoms with Crippen molar-refractivity contribution < 1.29 is 4.74 Å². The lowest BCUT2D eigenvalue weighted by Crippen LogP contribution is -2.19. The number of benzene rings is 2. The number of hydrogen-bond donors (Lipinski definition) is 1. The second-order valence-corrected chi connectivity index (χ2v) is 5.44. The van der Waals surface area contributed by atoms with Crippen LogP contribution in [0.1, 0.15) is 43.0 Å². The van der Waals surface area contributed by atoms with E-state index in [0.29, 0.717) is 6.04 Å². The first-order valence-corrected chi connectivity index (χ1v) is 7.72. The highest BCUT2D eigenvalue weighted by molar-refractivity contribution is 5.38. The summed E-state index contributed by atoms with van der Waals surface area (Å²) in [6.45, 7) is 9.54. The fourth-order valence-corrected chi connectivity index (χ4v) is 2.43. The zero-order valence-electron chi connectivity index (χ0n) is 13.4. The maximum atomic E-state index is 5.92. The molecule has 0 heterocycles. The van der Waals surface area contributed by atoms with Crippen LogP contribution in [-0.2, 0) is 0 Å². The van der Waals surface area contributed by atoms with Crippen LogP contribution in [0.3, 0.4) is 0 Å². The Balaban J connectivity index is 2.09. The molecular formula is C19H25NO. The zero-order valence-corrected chi connectivity index (χ0v) is 13.4. The van der Waals surface area contributed by atoms with Gasteiger partial charge in [-0.15, -0.1) is 0 Å². The molecule has 2 nitrogen and oxygen atoms in total. The molecule has 0 fully saturated rings. The number of ether oxygens (including phenoxy) is 1. The molecule has 2 aromatic carbocycles. The second kappa shape index (κ2) is 7.28. The first kappa shape index (κ1) is 15.6. The first-order valence-electron chi connectivity index (χ1n) is 7.72. The van der Waals surface area contributed by atoms with Gasteiger partial charge >= 0.3 is 0 Å². The topological polar surface area (TPSA) is 21.3 Å². The van der Waals surface area contributed by atoms with E-state index in [1.54, 1.807) is 0 Å². The highest BCUT2D eigenvalue weighted by Crippen LogP contribution is 2.25. The highest BCUT2D eigenvalue weighted by Gasteiger charge is 2.07. The van der Waals surface area contributed by atoms with Gasteiger partial charge in [0.25, 0.3) is 0 Å². The first-order chi connectivity index (χ1) is 10.1. The molecule has 112 valence electrons. The number of rotatable bonds is 6. The van der Waals surface area contributed by atoms with Crippen LogP contribution in [0.4, 0.5) is 0 Å². The van der Waals surface area contributed by atoms with E-state index >= 15 is 0 Å². The third-order valence-corrected chi connectivity index (χ3v) is 3.86. The zero-order chi connectivity index (χ0) is 15.2. The van der Waals surface area contributed by atoms with Gasteiger partial charge in [-0.3, -0.25) is 0 Å². The van der Waals surface area contributed by atoms with Crippen molar-refractivity contribution >= 4 is 0 Å². The smallest absolute Gasteiger partial charge is 0.127 e. The summed E-state index contributed by atoms with van der Waals surface area (Å²) < 4.78 is 5.92. The van der Waals surface area contributed by atoms with Crippen LogP contribution < -0.4 is 10.1 Å².